The average Bonchev–Trinajstić information content (AvgIpc) is 2.63. The molecule has 1 amide bonds. The summed E-state index contributed by atoms with van der Waals surface area (Å²) in [6.45, 7) is 3.56. The van der Waals surface area contributed by atoms with Gasteiger partial charge in [-0.05, 0) is 36.5 Å². The van der Waals surface area contributed by atoms with Crippen molar-refractivity contribution in [2.45, 2.75) is 25.8 Å². The molecule has 0 saturated carbocycles. The van der Waals surface area contributed by atoms with E-state index in [1.807, 2.05) is 24.3 Å². The van der Waals surface area contributed by atoms with Gasteiger partial charge in [0.25, 0.3) is 0 Å². The Bertz CT molecular complexity index is 595. The van der Waals surface area contributed by atoms with Gasteiger partial charge in [-0.2, -0.15) is 0 Å². The zero-order valence-electron chi connectivity index (χ0n) is 16.1. The molecule has 0 aliphatic carbocycles. The lowest BCUT2D eigenvalue weighted by atomic mass is 9.95. The van der Waals surface area contributed by atoms with Crippen LogP contribution in [0.2, 0.25) is 0 Å². The van der Waals surface area contributed by atoms with Crippen LogP contribution in [-0.4, -0.2) is 57.2 Å². The number of rotatable bonds is 8. The van der Waals surface area contributed by atoms with Crippen molar-refractivity contribution in [2.75, 3.05) is 40.5 Å². The van der Waals surface area contributed by atoms with Crippen LogP contribution in [0, 0.1) is 5.92 Å². The molecule has 8 heteroatoms. The summed E-state index contributed by atoms with van der Waals surface area (Å²) in [4.78, 5) is 17.8. The van der Waals surface area contributed by atoms with Gasteiger partial charge in [-0.25, -0.2) is 0 Å². The Labute approximate surface area is 178 Å². The minimum Gasteiger partial charge on any atom is -0.491 e. The predicted octanol–water partition coefficient (Wildman–Crippen LogP) is 1.99. The molecule has 3 N–H and O–H groups in total. The van der Waals surface area contributed by atoms with E-state index in [1.165, 1.54) is 0 Å². The first-order valence-electron chi connectivity index (χ1n) is 9.07. The standard InChI is InChI=1S/C19H30N4O3.HI/c1-21-19(23-9-3-4-16(14-23)12-18(20)24)22-13-15-5-7-17(8-6-15)26-11-10-25-2;/h5-8,16H,3-4,9-14H2,1-2H3,(H2,20,24)(H,21,22);1H. The Morgan fingerprint density at radius 3 is 2.70 bits per heavy atom. The van der Waals surface area contributed by atoms with Crippen molar-refractivity contribution >= 4 is 35.8 Å². The number of benzene rings is 1. The molecule has 1 atom stereocenters. The molecule has 7 nitrogen and oxygen atoms in total. The van der Waals surface area contributed by atoms with Crippen molar-refractivity contribution < 1.29 is 14.3 Å². The van der Waals surface area contributed by atoms with Crippen LogP contribution in [0.1, 0.15) is 24.8 Å². The number of methoxy groups -OCH3 is 1. The number of amides is 1. The van der Waals surface area contributed by atoms with Crippen molar-refractivity contribution in [3.05, 3.63) is 29.8 Å². The van der Waals surface area contributed by atoms with Crippen molar-refractivity contribution in [1.82, 2.24) is 10.2 Å². The highest BCUT2D eigenvalue weighted by Gasteiger charge is 2.23. The summed E-state index contributed by atoms with van der Waals surface area (Å²) >= 11 is 0. The van der Waals surface area contributed by atoms with Gasteiger partial charge in [-0.1, -0.05) is 12.1 Å². The highest BCUT2D eigenvalue weighted by molar-refractivity contribution is 14.0. The molecule has 2 rings (SSSR count). The summed E-state index contributed by atoms with van der Waals surface area (Å²) in [6, 6.07) is 7.99. The predicted molar refractivity (Wildman–Crippen MR) is 118 cm³/mol. The van der Waals surface area contributed by atoms with E-state index in [-0.39, 0.29) is 29.9 Å². The number of nitrogens with zero attached hydrogens (tertiary/aromatic N) is 2. The molecular weight excluding hydrogens is 459 g/mol. The smallest absolute Gasteiger partial charge is 0.217 e. The maximum absolute atomic E-state index is 11.2. The topological polar surface area (TPSA) is 89.2 Å². The largest absolute Gasteiger partial charge is 0.491 e. The fraction of sp³-hybridized carbons (Fsp3) is 0.579. The van der Waals surface area contributed by atoms with Crippen LogP contribution >= 0.6 is 24.0 Å². The van der Waals surface area contributed by atoms with Gasteiger partial charge >= 0.3 is 0 Å². The molecule has 0 radical (unpaired) electrons. The molecule has 1 heterocycles. The molecule has 0 aromatic heterocycles. The molecule has 1 saturated heterocycles. The van der Waals surface area contributed by atoms with Gasteiger partial charge in [0.1, 0.15) is 12.4 Å². The first-order chi connectivity index (χ1) is 12.6. The molecule has 152 valence electrons. The average molecular weight is 490 g/mol. The summed E-state index contributed by atoms with van der Waals surface area (Å²) in [5, 5.41) is 3.40. The fourth-order valence-electron chi connectivity index (χ4n) is 3.17. The number of ether oxygens (including phenoxy) is 2. The number of primary amides is 1. The maximum Gasteiger partial charge on any atom is 0.217 e. The molecule has 27 heavy (non-hydrogen) atoms. The van der Waals surface area contributed by atoms with E-state index in [2.05, 4.69) is 15.2 Å². The van der Waals surface area contributed by atoms with E-state index >= 15 is 0 Å². The number of nitrogens with two attached hydrogens (primary N) is 1. The van der Waals surface area contributed by atoms with Crippen LogP contribution in [0.25, 0.3) is 0 Å². The number of halogens is 1. The molecule has 1 aliphatic rings. The summed E-state index contributed by atoms with van der Waals surface area (Å²) in [5.41, 5.74) is 6.49. The van der Waals surface area contributed by atoms with Gasteiger partial charge in [-0.3, -0.25) is 9.79 Å². The van der Waals surface area contributed by atoms with Crippen molar-refractivity contribution in [3.63, 3.8) is 0 Å². The van der Waals surface area contributed by atoms with Crippen LogP contribution in [0.3, 0.4) is 0 Å². The summed E-state index contributed by atoms with van der Waals surface area (Å²) < 4.78 is 10.5. The Hall–Kier alpha value is -1.55. The number of piperidine rings is 1. The molecular formula is C19H31IN4O3. The van der Waals surface area contributed by atoms with Crippen molar-refractivity contribution in [2.24, 2.45) is 16.6 Å². The number of guanidine groups is 1. The van der Waals surface area contributed by atoms with E-state index < -0.39 is 0 Å². The fourth-order valence-corrected chi connectivity index (χ4v) is 3.17. The summed E-state index contributed by atoms with van der Waals surface area (Å²) in [6.07, 6.45) is 2.53. The van der Waals surface area contributed by atoms with Gasteiger partial charge < -0.3 is 25.4 Å². The van der Waals surface area contributed by atoms with Crippen LogP contribution in [0.4, 0.5) is 0 Å². The second-order valence-corrected chi connectivity index (χ2v) is 6.51. The lowest BCUT2D eigenvalue weighted by Crippen LogP contribution is -2.46. The SMILES string of the molecule is CN=C(NCc1ccc(OCCOC)cc1)N1CCCC(CC(N)=O)C1.I. The normalized spacial score (nSPS) is 17.2. The van der Waals surface area contributed by atoms with Crippen molar-refractivity contribution in [3.8, 4) is 5.75 Å². The van der Waals surface area contributed by atoms with Crippen LogP contribution in [0.5, 0.6) is 5.75 Å². The maximum atomic E-state index is 11.2. The van der Waals surface area contributed by atoms with E-state index in [1.54, 1.807) is 14.2 Å². The molecule has 1 aromatic carbocycles. The molecule has 1 aromatic rings. The number of nitrogens with one attached hydrogen (secondary N) is 1. The number of hydrogen-bond donors (Lipinski definition) is 2. The number of aliphatic imine (C=N–C) groups is 1. The monoisotopic (exact) mass is 490 g/mol. The molecule has 0 bridgehead atoms. The lowest BCUT2D eigenvalue weighted by molar-refractivity contribution is -0.119. The minimum absolute atomic E-state index is 0. The number of likely N-dealkylation sites (tertiary alicyclic amines) is 1. The first kappa shape index (κ1) is 23.5. The third-order valence-electron chi connectivity index (χ3n) is 4.45. The molecule has 0 spiro atoms. The Morgan fingerprint density at radius 2 is 2.07 bits per heavy atom. The van der Waals surface area contributed by atoms with Gasteiger partial charge in [0.05, 0.1) is 6.61 Å². The van der Waals surface area contributed by atoms with Crippen LogP contribution in [0.15, 0.2) is 29.3 Å². The summed E-state index contributed by atoms with van der Waals surface area (Å²) in [7, 11) is 3.44. The first-order valence-corrected chi connectivity index (χ1v) is 9.07. The summed E-state index contributed by atoms with van der Waals surface area (Å²) in [5.74, 6) is 1.77. The lowest BCUT2D eigenvalue weighted by Gasteiger charge is -2.34. The molecule has 1 fully saturated rings. The van der Waals surface area contributed by atoms with Gasteiger partial charge in [-0.15, -0.1) is 24.0 Å². The van der Waals surface area contributed by atoms with E-state index in [4.69, 9.17) is 15.2 Å². The Balaban J connectivity index is 0.00000364. The van der Waals surface area contributed by atoms with Gasteiger partial charge in [0.15, 0.2) is 5.96 Å². The Morgan fingerprint density at radius 1 is 1.33 bits per heavy atom. The third kappa shape index (κ3) is 8.34. The minimum atomic E-state index is -0.229. The second kappa shape index (κ2) is 12.8. The highest BCUT2D eigenvalue weighted by Crippen LogP contribution is 2.19. The van der Waals surface area contributed by atoms with Crippen LogP contribution in [-0.2, 0) is 16.1 Å². The van der Waals surface area contributed by atoms with Gasteiger partial charge in [0, 0.05) is 40.2 Å². The highest BCUT2D eigenvalue weighted by atomic mass is 127. The van der Waals surface area contributed by atoms with E-state index in [0.717, 1.165) is 43.2 Å². The van der Waals surface area contributed by atoms with Crippen molar-refractivity contribution in [1.29, 1.82) is 0 Å². The van der Waals surface area contributed by atoms with Gasteiger partial charge in [0.2, 0.25) is 5.91 Å². The number of carbonyl (C=O) groups excluding carboxylic acids is 1. The zero-order valence-corrected chi connectivity index (χ0v) is 18.5. The number of hydrogen-bond acceptors (Lipinski definition) is 4. The molecule has 1 aliphatic heterocycles. The quantitative estimate of drug-likeness (QED) is 0.252. The second-order valence-electron chi connectivity index (χ2n) is 6.51. The molecule has 1 unspecified atom stereocenters. The Kier molecular flexibility index (Phi) is 11.1. The zero-order chi connectivity index (χ0) is 18.8. The third-order valence-corrected chi connectivity index (χ3v) is 4.45. The number of carbonyl (C=O) groups is 1. The van der Waals surface area contributed by atoms with E-state index in [0.29, 0.717) is 32.1 Å². The van der Waals surface area contributed by atoms with E-state index in [9.17, 15) is 4.79 Å². The van der Waals surface area contributed by atoms with Crippen LogP contribution < -0.4 is 15.8 Å².